The van der Waals surface area contributed by atoms with Crippen LogP contribution in [0.15, 0.2) is 18.2 Å². The molecule has 1 rings (SSSR count). The Morgan fingerprint density at radius 2 is 2.07 bits per heavy atom. The Labute approximate surface area is 86.3 Å². The summed E-state index contributed by atoms with van der Waals surface area (Å²) in [5.41, 5.74) is 2.30. The summed E-state index contributed by atoms with van der Waals surface area (Å²) in [4.78, 5) is 0. The van der Waals surface area contributed by atoms with Crippen LogP contribution in [0.5, 0.6) is 5.75 Å². The van der Waals surface area contributed by atoms with Crippen molar-refractivity contribution in [1.82, 2.24) is 0 Å². The first kappa shape index (κ1) is 10.9. The topological polar surface area (TPSA) is 21.3 Å². The minimum absolute atomic E-state index is 0.655. The van der Waals surface area contributed by atoms with E-state index in [1.165, 1.54) is 5.56 Å². The molecule has 0 saturated heterocycles. The zero-order valence-corrected chi connectivity index (χ0v) is 9.42. The van der Waals surface area contributed by atoms with E-state index in [4.69, 9.17) is 4.74 Å². The number of rotatable bonds is 4. The molecule has 0 aliphatic carbocycles. The molecular formula is C12H19NO. The summed E-state index contributed by atoms with van der Waals surface area (Å²) in [6.45, 7) is 7.42. The second-order valence-corrected chi connectivity index (χ2v) is 3.96. The number of hydrogen-bond acceptors (Lipinski definition) is 2. The monoisotopic (exact) mass is 193 g/mol. The molecule has 0 saturated carbocycles. The van der Waals surface area contributed by atoms with Crippen LogP contribution in [-0.4, -0.2) is 13.7 Å². The first-order valence-electron chi connectivity index (χ1n) is 5.02. The summed E-state index contributed by atoms with van der Waals surface area (Å²) in [6.07, 6.45) is 0. The van der Waals surface area contributed by atoms with Gasteiger partial charge in [-0.2, -0.15) is 0 Å². The van der Waals surface area contributed by atoms with Gasteiger partial charge in [-0.25, -0.2) is 0 Å². The molecule has 0 spiro atoms. The van der Waals surface area contributed by atoms with E-state index in [-0.39, 0.29) is 0 Å². The zero-order valence-electron chi connectivity index (χ0n) is 9.42. The molecule has 0 radical (unpaired) electrons. The molecule has 0 amide bonds. The van der Waals surface area contributed by atoms with E-state index in [9.17, 15) is 0 Å². The maximum absolute atomic E-state index is 5.25. The summed E-state index contributed by atoms with van der Waals surface area (Å²) in [7, 11) is 1.70. The van der Waals surface area contributed by atoms with E-state index in [0.717, 1.165) is 18.0 Å². The molecule has 1 N–H and O–H groups in total. The van der Waals surface area contributed by atoms with Crippen LogP contribution in [0.2, 0.25) is 0 Å². The van der Waals surface area contributed by atoms with Gasteiger partial charge < -0.3 is 10.1 Å². The highest BCUT2D eigenvalue weighted by molar-refractivity contribution is 5.51. The number of aryl methyl sites for hydroxylation is 1. The van der Waals surface area contributed by atoms with Gasteiger partial charge in [0.25, 0.3) is 0 Å². The van der Waals surface area contributed by atoms with Crippen LogP contribution in [0.4, 0.5) is 5.69 Å². The normalized spacial score (nSPS) is 10.4. The lowest BCUT2D eigenvalue weighted by atomic mass is 10.2. The fourth-order valence-electron chi connectivity index (χ4n) is 1.25. The molecule has 0 bridgehead atoms. The third-order valence-corrected chi connectivity index (χ3v) is 2.12. The van der Waals surface area contributed by atoms with Crippen molar-refractivity contribution in [2.45, 2.75) is 20.8 Å². The molecule has 0 heterocycles. The van der Waals surface area contributed by atoms with Gasteiger partial charge in [0, 0.05) is 18.3 Å². The molecule has 0 aromatic heterocycles. The Hall–Kier alpha value is -1.18. The van der Waals surface area contributed by atoms with E-state index < -0.39 is 0 Å². The molecule has 2 heteroatoms. The predicted molar refractivity (Wildman–Crippen MR) is 61.1 cm³/mol. The summed E-state index contributed by atoms with van der Waals surface area (Å²) in [6, 6.07) is 6.19. The van der Waals surface area contributed by atoms with Gasteiger partial charge in [-0.3, -0.25) is 0 Å². The van der Waals surface area contributed by atoms with E-state index >= 15 is 0 Å². The lowest BCUT2D eigenvalue weighted by molar-refractivity contribution is 0.412. The Bertz CT molecular complexity index is 294. The van der Waals surface area contributed by atoms with Crippen LogP contribution in [0, 0.1) is 12.8 Å². The number of benzene rings is 1. The van der Waals surface area contributed by atoms with Crippen LogP contribution < -0.4 is 10.1 Å². The van der Waals surface area contributed by atoms with Gasteiger partial charge in [0.2, 0.25) is 0 Å². The smallest absolute Gasteiger partial charge is 0.123 e. The molecular weight excluding hydrogens is 174 g/mol. The largest absolute Gasteiger partial charge is 0.496 e. The average Bonchev–Trinajstić information content (AvgIpc) is 2.16. The van der Waals surface area contributed by atoms with E-state index in [1.54, 1.807) is 7.11 Å². The van der Waals surface area contributed by atoms with Crippen molar-refractivity contribution in [3.8, 4) is 5.75 Å². The van der Waals surface area contributed by atoms with Crippen molar-refractivity contribution in [2.24, 2.45) is 5.92 Å². The molecule has 0 aliphatic rings. The number of ether oxygens (including phenoxy) is 1. The standard InChI is InChI=1S/C12H19NO/c1-9(2)8-13-11-6-5-10(3)12(7-11)14-4/h5-7,9,13H,8H2,1-4H3. The van der Waals surface area contributed by atoms with Crippen molar-refractivity contribution in [1.29, 1.82) is 0 Å². The van der Waals surface area contributed by atoms with E-state index in [2.05, 4.69) is 31.3 Å². The molecule has 78 valence electrons. The SMILES string of the molecule is COc1cc(NCC(C)C)ccc1C. The predicted octanol–water partition coefficient (Wildman–Crippen LogP) is 3.07. The second-order valence-electron chi connectivity index (χ2n) is 3.96. The molecule has 2 nitrogen and oxygen atoms in total. The van der Waals surface area contributed by atoms with Crippen LogP contribution in [0.25, 0.3) is 0 Å². The number of nitrogens with one attached hydrogen (secondary N) is 1. The molecule has 1 aromatic carbocycles. The van der Waals surface area contributed by atoms with Gasteiger partial charge in [0.15, 0.2) is 0 Å². The molecule has 0 unspecified atom stereocenters. The lowest BCUT2D eigenvalue weighted by Crippen LogP contribution is -2.07. The minimum Gasteiger partial charge on any atom is -0.496 e. The highest BCUT2D eigenvalue weighted by atomic mass is 16.5. The maximum atomic E-state index is 5.25. The molecule has 0 aliphatic heterocycles. The highest BCUT2D eigenvalue weighted by Gasteiger charge is 2.00. The minimum atomic E-state index is 0.655. The number of hydrogen-bond donors (Lipinski definition) is 1. The van der Waals surface area contributed by atoms with Crippen molar-refractivity contribution in [2.75, 3.05) is 19.0 Å². The Morgan fingerprint density at radius 1 is 1.36 bits per heavy atom. The molecule has 1 aromatic rings. The van der Waals surface area contributed by atoms with Gasteiger partial charge in [-0.15, -0.1) is 0 Å². The summed E-state index contributed by atoms with van der Waals surface area (Å²) >= 11 is 0. The quantitative estimate of drug-likeness (QED) is 0.793. The van der Waals surface area contributed by atoms with Gasteiger partial charge >= 0.3 is 0 Å². The summed E-state index contributed by atoms with van der Waals surface area (Å²) in [5, 5.41) is 3.37. The average molecular weight is 193 g/mol. The van der Waals surface area contributed by atoms with E-state index in [0.29, 0.717) is 5.92 Å². The van der Waals surface area contributed by atoms with Gasteiger partial charge in [0.1, 0.15) is 5.75 Å². The van der Waals surface area contributed by atoms with Crippen molar-refractivity contribution in [3.63, 3.8) is 0 Å². The molecule has 0 atom stereocenters. The highest BCUT2D eigenvalue weighted by Crippen LogP contribution is 2.22. The Morgan fingerprint density at radius 3 is 2.64 bits per heavy atom. The Kier molecular flexibility index (Phi) is 3.81. The fraction of sp³-hybridized carbons (Fsp3) is 0.500. The third kappa shape index (κ3) is 2.95. The summed E-state index contributed by atoms with van der Waals surface area (Å²) < 4.78 is 5.25. The van der Waals surface area contributed by atoms with Crippen LogP contribution in [0.3, 0.4) is 0 Å². The lowest BCUT2D eigenvalue weighted by Gasteiger charge is -2.11. The maximum Gasteiger partial charge on any atom is 0.123 e. The molecule has 0 fully saturated rings. The van der Waals surface area contributed by atoms with Crippen molar-refractivity contribution >= 4 is 5.69 Å². The van der Waals surface area contributed by atoms with E-state index in [1.807, 2.05) is 13.0 Å². The third-order valence-electron chi connectivity index (χ3n) is 2.12. The Balaban J connectivity index is 2.69. The fourth-order valence-corrected chi connectivity index (χ4v) is 1.25. The van der Waals surface area contributed by atoms with Crippen molar-refractivity contribution in [3.05, 3.63) is 23.8 Å². The van der Waals surface area contributed by atoms with Crippen LogP contribution in [-0.2, 0) is 0 Å². The van der Waals surface area contributed by atoms with Gasteiger partial charge in [-0.1, -0.05) is 19.9 Å². The second kappa shape index (κ2) is 4.89. The van der Waals surface area contributed by atoms with Gasteiger partial charge in [0.05, 0.1) is 7.11 Å². The first-order valence-corrected chi connectivity index (χ1v) is 5.02. The first-order chi connectivity index (χ1) is 6.63. The number of anilines is 1. The van der Waals surface area contributed by atoms with Gasteiger partial charge in [-0.05, 0) is 24.5 Å². The van der Waals surface area contributed by atoms with Crippen LogP contribution >= 0.6 is 0 Å². The number of methoxy groups -OCH3 is 1. The molecule has 14 heavy (non-hydrogen) atoms. The zero-order chi connectivity index (χ0) is 10.6. The van der Waals surface area contributed by atoms with Crippen LogP contribution in [0.1, 0.15) is 19.4 Å². The summed E-state index contributed by atoms with van der Waals surface area (Å²) in [5.74, 6) is 1.60. The van der Waals surface area contributed by atoms with Crippen molar-refractivity contribution < 1.29 is 4.74 Å².